The van der Waals surface area contributed by atoms with Gasteiger partial charge in [0.2, 0.25) is 0 Å². The predicted octanol–water partition coefficient (Wildman–Crippen LogP) is 25.0. The molecule has 0 heterocycles. The molecular formula is C89H150O16P2. The highest BCUT2D eigenvalue weighted by atomic mass is 31.2. The largest absolute Gasteiger partial charge is 0.472 e. The molecule has 0 rings (SSSR count). The van der Waals surface area contributed by atoms with Gasteiger partial charge in [-0.05, 0) is 141 Å². The van der Waals surface area contributed by atoms with Gasteiger partial charge < -0.3 is 34.2 Å². The van der Waals surface area contributed by atoms with Crippen molar-refractivity contribution in [3.8, 4) is 0 Å². The van der Waals surface area contributed by atoms with E-state index in [1.54, 1.807) is 0 Å². The molecule has 0 spiro atoms. The molecule has 18 heteroatoms. The molecule has 612 valence electrons. The average Bonchev–Trinajstić information content (AvgIpc) is 0.903. The topological polar surface area (TPSA) is 231 Å². The number of carbonyl (C=O) groups is 3. The predicted molar refractivity (Wildman–Crippen MR) is 445 cm³/mol. The van der Waals surface area contributed by atoms with Crippen LogP contribution in [0.2, 0.25) is 0 Å². The standard InChI is InChI=1S/C89H150O16P2/c1-4-7-10-13-16-19-22-24-26-28-30-32-34-36-37-38-39-40-41-42-43-44-45-47-49-50-52-54-56-58-61-63-66-69-72-75-87(92)99-78-84(90)79-101-106(95,96)102-80-85(91)81-103-107(97,98)104-83-86(105-89(94)77-74-71-68-65-60-21-18-15-12-9-6-3)82-100-88(93)76-73-70-67-64-62-59-57-55-53-51-48-46-35-33-31-29-27-25-23-20-17-14-11-8-5-2/h7-8,10-11,15-20,24-27,30-33,36-37,39-40,46,48,53,55,84-86,90-91H,4-6,9,12-14,21-23,28-29,34-35,38,41-45,47,49-52,54,56-83H2,1-3H3,(H,95,96)(H,97,98)/b10-7-,11-8-,18-15-,19-16-,20-17-,26-24-,27-25-,32-30-,33-31-,37-36-,40-39-,48-46-,55-53-. The number of hydrogen-bond acceptors (Lipinski definition) is 14. The number of phosphoric acid groups is 2. The summed E-state index contributed by atoms with van der Waals surface area (Å²) >= 11 is 0. The molecule has 0 aliphatic rings. The summed E-state index contributed by atoms with van der Waals surface area (Å²) in [6.07, 6.45) is 102. The zero-order valence-corrected chi connectivity index (χ0v) is 68.8. The third kappa shape index (κ3) is 82.0. The van der Waals surface area contributed by atoms with E-state index >= 15 is 0 Å². The molecule has 0 aliphatic carbocycles. The van der Waals surface area contributed by atoms with Crippen LogP contribution in [0.4, 0.5) is 0 Å². The summed E-state index contributed by atoms with van der Waals surface area (Å²) in [4.78, 5) is 58.6. The number of hydrogen-bond donors (Lipinski definition) is 4. The minimum Gasteiger partial charge on any atom is -0.463 e. The molecule has 0 amide bonds. The smallest absolute Gasteiger partial charge is 0.463 e. The van der Waals surface area contributed by atoms with Crippen molar-refractivity contribution < 1.29 is 75.8 Å². The molecular weight excluding hydrogens is 1390 g/mol. The van der Waals surface area contributed by atoms with Crippen molar-refractivity contribution in [1.82, 2.24) is 0 Å². The maximum atomic E-state index is 12.9. The molecule has 4 N–H and O–H groups in total. The molecule has 0 aromatic rings. The maximum Gasteiger partial charge on any atom is 0.472 e. The fourth-order valence-electron chi connectivity index (χ4n) is 10.9. The number of allylic oxidation sites excluding steroid dienone is 26. The lowest BCUT2D eigenvalue weighted by Gasteiger charge is -2.21. The fraction of sp³-hybridized carbons (Fsp3) is 0.674. The van der Waals surface area contributed by atoms with Gasteiger partial charge in [0, 0.05) is 19.3 Å². The summed E-state index contributed by atoms with van der Waals surface area (Å²) in [5, 5.41) is 20.6. The van der Waals surface area contributed by atoms with Crippen LogP contribution >= 0.6 is 15.6 Å². The minimum absolute atomic E-state index is 0.0872. The van der Waals surface area contributed by atoms with Gasteiger partial charge in [0.1, 0.15) is 25.4 Å². The summed E-state index contributed by atoms with van der Waals surface area (Å²) < 4.78 is 61.1. The Hall–Kier alpha value is -4.83. The highest BCUT2D eigenvalue weighted by Crippen LogP contribution is 2.45. The lowest BCUT2D eigenvalue weighted by atomic mass is 10.0. The molecule has 0 bridgehead atoms. The van der Waals surface area contributed by atoms with Gasteiger partial charge in [-0.15, -0.1) is 0 Å². The van der Waals surface area contributed by atoms with Gasteiger partial charge in [0.05, 0.1) is 26.4 Å². The minimum atomic E-state index is -4.94. The zero-order valence-electron chi connectivity index (χ0n) is 67.0. The molecule has 0 saturated heterocycles. The van der Waals surface area contributed by atoms with E-state index in [9.17, 15) is 43.5 Å². The van der Waals surface area contributed by atoms with Gasteiger partial charge in [0.25, 0.3) is 0 Å². The van der Waals surface area contributed by atoms with E-state index in [-0.39, 0.29) is 19.3 Å². The van der Waals surface area contributed by atoms with Crippen molar-refractivity contribution in [3.63, 3.8) is 0 Å². The van der Waals surface area contributed by atoms with Gasteiger partial charge >= 0.3 is 33.6 Å². The second-order valence-corrected chi connectivity index (χ2v) is 30.4. The van der Waals surface area contributed by atoms with E-state index in [4.69, 9.17) is 32.3 Å². The molecule has 16 nitrogen and oxygen atoms in total. The van der Waals surface area contributed by atoms with Crippen LogP contribution in [0.5, 0.6) is 0 Å². The van der Waals surface area contributed by atoms with E-state index < -0.39 is 91.5 Å². The summed E-state index contributed by atoms with van der Waals surface area (Å²) in [7, 11) is -9.80. The van der Waals surface area contributed by atoms with E-state index in [1.807, 2.05) is 0 Å². The molecule has 107 heavy (non-hydrogen) atoms. The molecule has 0 aromatic heterocycles. The SMILES string of the molecule is CC/C=C\C/C=C\C/C=C\C/C=C\C/C=C\C/C=C\CCCCCCCCCCCCCCCCCCC(=O)OCC(O)COP(=O)(O)OCC(O)COP(=O)(O)OCC(COC(=O)CCCCCCCC/C=C\C/C=C\C/C=C\C/C=C\C/C=C\C/C=C\CC)OC(=O)CCCCCCC/C=C\CCCC. The molecule has 5 unspecified atom stereocenters. The van der Waals surface area contributed by atoms with Crippen LogP contribution in [0, 0.1) is 0 Å². The molecule has 5 atom stereocenters. The molecule has 0 aromatic carbocycles. The van der Waals surface area contributed by atoms with E-state index in [0.717, 1.165) is 173 Å². The summed E-state index contributed by atoms with van der Waals surface area (Å²) in [6.45, 7) is 2.39. The Labute approximate surface area is 650 Å². The van der Waals surface area contributed by atoms with Gasteiger partial charge in [0.15, 0.2) is 6.10 Å². The number of aliphatic hydroxyl groups is 2. The lowest BCUT2D eigenvalue weighted by Crippen LogP contribution is -2.30. The Morgan fingerprint density at radius 1 is 0.271 bits per heavy atom. The highest BCUT2D eigenvalue weighted by molar-refractivity contribution is 7.47. The zero-order chi connectivity index (χ0) is 78.0. The monoisotopic (exact) mass is 1540 g/mol. The second kappa shape index (κ2) is 80.7. The number of unbranched alkanes of at least 4 members (excludes halogenated alkanes) is 29. The Morgan fingerprint density at radius 3 is 0.794 bits per heavy atom. The number of ether oxygens (including phenoxy) is 3. The van der Waals surface area contributed by atoms with E-state index in [1.165, 1.54) is 96.3 Å². The maximum absolute atomic E-state index is 12.9. The first-order valence-electron chi connectivity index (χ1n) is 41.8. The van der Waals surface area contributed by atoms with Crippen LogP contribution in [-0.2, 0) is 55.8 Å². The fourth-order valence-corrected chi connectivity index (χ4v) is 12.5. The van der Waals surface area contributed by atoms with Gasteiger partial charge in [-0.3, -0.25) is 32.5 Å². The van der Waals surface area contributed by atoms with Gasteiger partial charge in [-0.25, -0.2) is 9.13 Å². The Bertz CT molecular complexity index is 2580. The normalized spacial score (nSPS) is 14.7. The third-order valence-electron chi connectivity index (χ3n) is 17.2. The van der Waals surface area contributed by atoms with Crippen LogP contribution in [0.25, 0.3) is 0 Å². The Kier molecular flexibility index (Phi) is 77.0. The Balaban J connectivity index is 4.38. The molecule has 0 aliphatic heterocycles. The second-order valence-electron chi connectivity index (χ2n) is 27.5. The first-order valence-corrected chi connectivity index (χ1v) is 44.8. The summed E-state index contributed by atoms with van der Waals surface area (Å²) in [6, 6.07) is 0. The van der Waals surface area contributed by atoms with E-state index in [2.05, 4.69) is 179 Å². The first kappa shape index (κ1) is 102. The van der Waals surface area contributed by atoms with Crippen molar-refractivity contribution in [2.24, 2.45) is 0 Å². The summed E-state index contributed by atoms with van der Waals surface area (Å²) in [5.74, 6) is -1.60. The number of carbonyl (C=O) groups excluding carboxylic acids is 3. The van der Waals surface area contributed by atoms with Crippen molar-refractivity contribution in [1.29, 1.82) is 0 Å². The first-order chi connectivity index (χ1) is 52.2. The number of aliphatic hydroxyl groups excluding tert-OH is 2. The van der Waals surface area contributed by atoms with Gasteiger partial charge in [-0.1, -0.05) is 326 Å². The van der Waals surface area contributed by atoms with Crippen LogP contribution in [0.1, 0.15) is 329 Å². The van der Waals surface area contributed by atoms with Crippen LogP contribution < -0.4 is 0 Å². The number of esters is 3. The molecule has 0 radical (unpaired) electrons. The van der Waals surface area contributed by atoms with Crippen molar-refractivity contribution in [2.45, 2.75) is 347 Å². The average molecular weight is 1540 g/mol. The number of rotatable bonds is 78. The van der Waals surface area contributed by atoms with Gasteiger partial charge in [-0.2, -0.15) is 0 Å². The molecule has 0 fully saturated rings. The van der Waals surface area contributed by atoms with E-state index in [0.29, 0.717) is 19.3 Å². The number of phosphoric ester groups is 2. The van der Waals surface area contributed by atoms with Crippen molar-refractivity contribution in [2.75, 3.05) is 39.6 Å². The quantitative estimate of drug-likeness (QED) is 0.0146. The van der Waals surface area contributed by atoms with Crippen molar-refractivity contribution in [3.05, 3.63) is 158 Å². The van der Waals surface area contributed by atoms with Crippen molar-refractivity contribution >= 4 is 33.6 Å². The summed E-state index contributed by atoms with van der Waals surface area (Å²) in [5.41, 5.74) is 0. The van der Waals surface area contributed by atoms with Crippen LogP contribution in [0.3, 0.4) is 0 Å². The van der Waals surface area contributed by atoms with Crippen LogP contribution in [0.15, 0.2) is 158 Å². The molecule has 0 saturated carbocycles. The Morgan fingerprint density at radius 2 is 0.495 bits per heavy atom. The lowest BCUT2D eigenvalue weighted by molar-refractivity contribution is -0.161. The van der Waals surface area contributed by atoms with Crippen LogP contribution in [-0.4, -0.2) is 95.9 Å². The third-order valence-corrected chi connectivity index (χ3v) is 19.1. The highest BCUT2D eigenvalue weighted by Gasteiger charge is 2.29.